The zero-order chi connectivity index (χ0) is 31.2. The first-order valence-corrected chi connectivity index (χ1v) is 15.3. The van der Waals surface area contributed by atoms with E-state index in [2.05, 4.69) is 34.8 Å². The summed E-state index contributed by atoms with van der Waals surface area (Å²) in [5.41, 5.74) is -2.27. The number of aliphatic hydroxyl groups excluding tert-OH is 1. The number of rotatable bonds is 6. The van der Waals surface area contributed by atoms with Gasteiger partial charge in [0.1, 0.15) is 0 Å². The maximum absolute atomic E-state index is 13.9. The van der Waals surface area contributed by atoms with E-state index in [-0.39, 0.29) is 42.8 Å². The Bertz CT molecular complexity index is 1150. The molecule has 3 fully saturated rings. The fourth-order valence-corrected chi connectivity index (χ4v) is 8.53. The summed E-state index contributed by atoms with van der Waals surface area (Å²) in [7, 11) is 0. The molecule has 3 saturated carbocycles. The Labute approximate surface area is 260 Å². The van der Waals surface area contributed by atoms with Gasteiger partial charge < -0.3 is 14.6 Å². The third-order valence-electron chi connectivity index (χ3n) is 9.81. The fourth-order valence-electron chi connectivity index (χ4n) is 8.01. The lowest BCUT2D eigenvalue weighted by atomic mass is 9.45. The van der Waals surface area contributed by atoms with E-state index >= 15 is 0 Å². The Morgan fingerprint density at radius 1 is 1.12 bits per heavy atom. The number of allylic oxidation sites excluding steroid dienone is 4. The van der Waals surface area contributed by atoms with Crippen LogP contribution in [0, 0.1) is 28.6 Å². The third-order valence-corrected chi connectivity index (χ3v) is 10.7. The predicted octanol–water partition coefficient (Wildman–Crippen LogP) is 6.37. The number of halogens is 5. The number of Topliss-reactive ketones (excluding diaryl/α,β-unsaturated/α-hetero) is 1. The van der Waals surface area contributed by atoms with Crippen molar-refractivity contribution < 1.29 is 38.1 Å². The van der Waals surface area contributed by atoms with E-state index < -0.39 is 55.8 Å². The van der Waals surface area contributed by atoms with Crippen molar-refractivity contribution in [3.63, 3.8) is 0 Å². The van der Waals surface area contributed by atoms with Gasteiger partial charge in [0.15, 0.2) is 18.0 Å². The van der Waals surface area contributed by atoms with Crippen LogP contribution in [0.15, 0.2) is 23.8 Å². The van der Waals surface area contributed by atoms with E-state index in [0.717, 1.165) is 5.57 Å². The zero-order valence-corrected chi connectivity index (χ0v) is 26.8. The number of esters is 2. The normalized spacial score (nSPS) is 39.3. The first-order chi connectivity index (χ1) is 18.8. The Hall–Kier alpha value is -1.19. The van der Waals surface area contributed by atoms with Gasteiger partial charge in [-0.05, 0) is 84.5 Å². The van der Waals surface area contributed by atoms with Crippen LogP contribution in [0.5, 0.6) is 0 Å². The maximum atomic E-state index is 13.9. The van der Waals surface area contributed by atoms with Gasteiger partial charge in [0.2, 0.25) is 5.78 Å². The molecule has 1 unspecified atom stereocenters. The minimum Gasteiger partial charge on any atom is -0.457 e. The Kier molecular flexibility index (Phi) is 10.1. The summed E-state index contributed by atoms with van der Waals surface area (Å²) in [5, 5.41) is 11.8. The SMILES string of the molecule is CCC(=O)OCC(=O)[C@@]1(OC(=O)CC)[C@@H](C)C[C@H]2[C@@H]3CCC4=CC(=O)C=C[C@]4(C)C3(Cl)[C@@H](O)C[C@@]21C.FC(Cl)(Cl)Cl. The third kappa shape index (κ3) is 5.85. The molecule has 0 aromatic heterocycles. The summed E-state index contributed by atoms with van der Waals surface area (Å²) in [4.78, 5) is 49.5. The minimum atomic E-state index is -2.58. The van der Waals surface area contributed by atoms with E-state index in [4.69, 9.17) is 21.1 Å². The van der Waals surface area contributed by atoms with Crippen molar-refractivity contribution in [1.82, 2.24) is 0 Å². The van der Waals surface area contributed by atoms with Crippen LogP contribution < -0.4 is 0 Å². The van der Waals surface area contributed by atoms with E-state index in [1.807, 2.05) is 26.8 Å². The van der Waals surface area contributed by atoms with Crippen molar-refractivity contribution in [2.45, 2.75) is 93.8 Å². The number of hydrogen-bond donors (Lipinski definition) is 1. The number of ketones is 2. The van der Waals surface area contributed by atoms with Gasteiger partial charge in [0.25, 0.3) is 0 Å². The van der Waals surface area contributed by atoms with Crippen LogP contribution in [0.4, 0.5) is 4.39 Å². The highest BCUT2D eigenvalue weighted by Gasteiger charge is 2.76. The van der Waals surface area contributed by atoms with Gasteiger partial charge in [0, 0.05) is 29.6 Å². The molecule has 7 nitrogen and oxygen atoms in total. The lowest BCUT2D eigenvalue weighted by molar-refractivity contribution is -0.203. The first kappa shape index (κ1) is 34.3. The molecule has 0 radical (unpaired) electrons. The van der Waals surface area contributed by atoms with Crippen LogP contribution >= 0.6 is 46.4 Å². The molecule has 4 rings (SSSR count). The highest BCUT2D eigenvalue weighted by atomic mass is 35.6. The second kappa shape index (κ2) is 12.1. The van der Waals surface area contributed by atoms with Crippen molar-refractivity contribution in [2.24, 2.45) is 28.6 Å². The molecule has 1 N–H and O–H groups in total. The monoisotopic (exact) mass is 656 g/mol. The number of hydrogen-bond acceptors (Lipinski definition) is 7. The van der Waals surface area contributed by atoms with E-state index in [1.165, 1.54) is 6.08 Å². The van der Waals surface area contributed by atoms with E-state index in [9.17, 15) is 28.7 Å². The fraction of sp³-hybridized carbons (Fsp3) is 0.724. The molecule has 0 aliphatic heterocycles. The summed E-state index contributed by atoms with van der Waals surface area (Å²) in [5.74, 6) is -2.24. The number of fused-ring (bicyclic) bond motifs is 5. The van der Waals surface area contributed by atoms with Gasteiger partial charge >= 0.3 is 16.0 Å². The van der Waals surface area contributed by atoms with Gasteiger partial charge in [-0.2, -0.15) is 4.39 Å². The Balaban J connectivity index is 0.000000850. The molecule has 230 valence electrons. The van der Waals surface area contributed by atoms with Crippen LogP contribution in [0.2, 0.25) is 0 Å². The number of carbonyl (C=O) groups excluding carboxylic acids is 4. The molecule has 0 aromatic rings. The van der Waals surface area contributed by atoms with Gasteiger partial charge in [-0.25, -0.2) is 0 Å². The van der Waals surface area contributed by atoms with Crippen LogP contribution in [0.25, 0.3) is 0 Å². The number of aliphatic hydroxyl groups is 1. The van der Waals surface area contributed by atoms with Gasteiger partial charge in [-0.15, -0.1) is 11.6 Å². The second-order valence-electron chi connectivity index (χ2n) is 11.8. The van der Waals surface area contributed by atoms with Crippen molar-refractivity contribution in [3.8, 4) is 0 Å². The largest absolute Gasteiger partial charge is 0.457 e. The van der Waals surface area contributed by atoms with Crippen LogP contribution in [0.1, 0.15) is 73.1 Å². The van der Waals surface area contributed by atoms with Gasteiger partial charge in [-0.3, -0.25) is 19.2 Å². The van der Waals surface area contributed by atoms with Crippen LogP contribution in [-0.4, -0.2) is 55.8 Å². The van der Waals surface area contributed by atoms with Gasteiger partial charge in [-0.1, -0.05) is 46.3 Å². The molecule has 41 heavy (non-hydrogen) atoms. The molecule has 0 spiro atoms. The van der Waals surface area contributed by atoms with Crippen LogP contribution in [-0.2, 0) is 28.7 Å². The lowest BCUT2D eigenvalue weighted by Gasteiger charge is -2.64. The zero-order valence-electron chi connectivity index (χ0n) is 23.8. The number of ether oxygens (including phenoxy) is 2. The minimum absolute atomic E-state index is 0.0801. The summed E-state index contributed by atoms with van der Waals surface area (Å²) < 4.78 is 19.7. The number of alkyl halides is 5. The second-order valence-corrected chi connectivity index (χ2v) is 14.6. The van der Waals surface area contributed by atoms with Gasteiger partial charge in [0.05, 0.1) is 11.0 Å². The smallest absolute Gasteiger partial charge is 0.333 e. The van der Waals surface area contributed by atoms with Crippen molar-refractivity contribution >= 4 is 69.9 Å². The standard InChI is InChI=1S/C28H37ClO7.CCl3F/c1-6-23(33)35-15-22(32)28(36-24(34)7-2)16(3)12-20-19-9-8-17-13-18(30)10-11-25(17,4)27(19,29)21(31)14-26(20,28)5;2-1(3,4)5/h10-11,13,16,19-21,31H,6-9,12,14-15H2,1-5H3;/t16-,19-,20-,21-,25-,26-,27?,28-;/m0./s1. The molecule has 8 atom stereocenters. The predicted molar refractivity (Wildman–Crippen MR) is 154 cm³/mol. The molecule has 0 bridgehead atoms. The van der Waals surface area contributed by atoms with E-state index in [1.54, 1.807) is 19.9 Å². The average molecular weight is 658 g/mol. The first-order valence-electron chi connectivity index (χ1n) is 13.8. The van der Waals surface area contributed by atoms with Crippen molar-refractivity contribution in [2.75, 3.05) is 6.61 Å². The maximum Gasteiger partial charge on any atom is 0.333 e. The summed E-state index contributed by atoms with van der Waals surface area (Å²) in [6.45, 7) is 8.61. The summed E-state index contributed by atoms with van der Waals surface area (Å²) in [6, 6.07) is 0. The quantitative estimate of drug-likeness (QED) is 0.261. The topological polar surface area (TPSA) is 107 Å². The highest BCUT2D eigenvalue weighted by Crippen LogP contribution is 2.72. The van der Waals surface area contributed by atoms with Crippen molar-refractivity contribution in [3.05, 3.63) is 23.8 Å². The molecular formula is C29H37Cl4FO7. The number of carbonyl (C=O) groups is 4. The average Bonchev–Trinajstić information content (AvgIpc) is 3.09. The van der Waals surface area contributed by atoms with Crippen molar-refractivity contribution in [1.29, 1.82) is 0 Å². The Morgan fingerprint density at radius 3 is 2.27 bits per heavy atom. The van der Waals surface area contributed by atoms with E-state index in [0.29, 0.717) is 19.3 Å². The molecule has 0 aromatic carbocycles. The molecule has 12 heteroatoms. The Morgan fingerprint density at radius 2 is 1.71 bits per heavy atom. The molecule has 0 heterocycles. The molecule has 4 aliphatic carbocycles. The molecular weight excluding hydrogens is 621 g/mol. The lowest BCUT2D eigenvalue weighted by Crippen LogP contribution is -2.69. The summed E-state index contributed by atoms with van der Waals surface area (Å²) >= 11 is 20.7. The summed E-state index contributed by atoms with van der Waals surface area (Å²) in [6.07, 6.45) is 6.18. The molecule has 0 saturated heterocycles. The molecule has 0 amide bonds. The molecule has 4 aliphatic rings. The van der Waals surface area contributed by atoms with Crippen LogP contribution in [0.3, 0.4) is 0 Å². The highest BCUT2D eigenvalue weighted by molar-refractivity contribution is 6.66.